The smallest absolute Gasteiger partial charge is 0.0172 e. The van der Waals surface area contributed by atoms with Crippen LogP contribution in [0, 0.1) is 56.7 Å². The molecular weight excluding hydrogens is 444 g/mol. The molecule has 0 heteroatoms. The molecule has 5 rings (SSSR count). The maximum absolute atomic E-state index is 4.50. The summed E-state index contributed by atoms with van der Waals surface area (Å²) >= 11 is 0. The highest BCUT2D eigenvalue weighted by atomic mass is 14.7. The zero-order valence-electron chi connectivity index (χ0n) is 28.1. The van der Waals surface area contributed by atoms with Gasteiger partial charge in [-0.25, -0.2) is 0 Å². The zero-order chi connectivity index (χ0) is 28.4. The molecule has 5 aliphatic rings. The van der Waals surface area contributed by atoms with Gasteiger partial charge in [-0.15, -0.1) is 0 Å². The molecule has 218 valence electrons. The Balaban J connectivity index is 0.000000630. The van der Waals surface area contributed by atoms with Gasteiger partial charge in [0.05, 0.1) is 0 Å². The first-order chi connectivity index (χ1) is 17.3. The lowest BCUT2D eigenvalue weighted by molar-refractivity contribution is -0.235. The van der Waals surface area contributed by atoms with Crippen LogP contribution in [-0.2, 0) is 0 Å². The van der Waals surface area contributed by atoms with E-state index in [1.165, 1.54) is 82.6 Å². The molecule has 0 radical (unpaired) electrons. The Morgan fingerprint density at radius 1 is 0.676 bits per heavy atom. The summed E-state index contributed by atoms with van der Waals surface area (Å²) in [7, 11) is 0. The Morgan fingerprint density at radius 3 is 1.84 bits per heavy atom. The summed E-state index contributed by atoms with van der Waals surface area (Å²) in [5, 5.41) is 0. The van der Waals surface area contributed by atoms with Crippen LogP contribution in [0.5, 0.6) is 0 Å². The molecule has 0 nitrogen and oxygen atoms in total. The SMILES string of the molecule is C=C(C)[C@@H]1CCC2(C)CC[C@]3(C)C(CCC4C5(C)CCCC(C)(C)C5CCC43C)C12.CC.CC.CCC. The third kappa shape index (κ3) is 5.17. The van der Waals surface area contributed by atoms with Crippen LogP contribution in [0.3, 0.4) is 0 Å². The molecule has 0 spiro atoms. The van der Waals surface area contributed by atoms with Crippen molar-refractivity contribution in [1.82, 2.24) is 0 Å². The van der Waals surface area contributed by atoms with E-state index in [4.69, 9.17) is 0 Å². The van der Waals surface area contributed by atoms with Gasteiger partial charge >= 0.3 is 0 Å². The van der Waals surface area contributed by atoms with Crippen molar-refractivity contribution in [2.24, 2.45) is 56.7 Å². The second-order valence-electron chi connectivity index (χ2n) is 15.4. The predicted molar refractivity (Wildman–Crippen MR) is 168 cm³/mol. The number of fused-ring (bicyclic) bond motifs is 7. The summed E-state index contributed by atoms with van der Waals surface area (Å²) < 4.78 is 0. The van der Waals surface area contributed by atoms with Crippen LogP contribution in [0.25, 0.3) is 0 Å². The summed E-state index contributed by atoms with van der Waals surface area (Å²) in [5.41, 5.74) is 4.28. The molecule has 9 atom stereocenters. The molecule has 0 aromatic rings. The molecule has 0 aromatic heterocycles. The van der Waals surface area contributed by atoms with Crippen LogP contribution < -0.4 is 0 Å². The largest absolute Gasteiger partial charge is 0.0998 e. The van der Waals surface area contributed by atoms with E-state index in [2.05, 4.69) is 68.9 Å². The molecule has 37 heavy (non-hydrogen) atoms. The lowest BCUT2D eigenvalue weighted by Gasteiger charge is -2.72. The van der Waals surface area contributed by atoms with Crippen molar-refractivity contribution in [3.8, 4) is 0 Å². The first-order valence-electron chi connectivity index (χ1n) is 17.0. The quantitative estimate of drug-likeness (QED) is 0.305. The minimum atomic E-state index is 0.535. The van der Waals surface area contributed by atoms with Gasteiger partial charge < -0.3 is 0 Å². The van der Waals surface area contributed by atoms with E-state index in [-0.39, 0.29) is 0 Å². The first kappa shape index (κ1) is 32.9. The Morgan fingerprint density at radius 2 is 1.27 bits per heavy atom. The number of hydrogen-bond acceptors (Lipinski definition) is 0. The maximum atomic E-state index is 4.50. The van der Waals surface area contributed by atoms with E-state index < -0.39 is 0 Å². The highest BCUT2D eigenvalue weighted by Gasteiger charge is 2.69. The molecule has 5 fully saturated rings. The second kappa shape index (κ2) is 12.1. The summed E-state index contributed by atoms with van der Waals surface area (Å²) in [6, 6.07) is 0. The summed E-state index contributed by atoms with van der Waals surface area (Å²) in [6.45, 7) is 35.3. The molecule has 0 heterocycles. The van der Waals surface area contributed by atoms with Gasteiger partial charge in [-0.3, -0.25) is 0 Å². The van der Waals surface area contributed by atoms with Gasteiger partial charge in [0.1, 0.15) is 0 Å². The zero-order valence-corrected chi connectivity index (χ0v) is 28.1. The highest BCUT2D eigenvalue weighted by molar-refractivity contribution is 5.20. The van der Waals surface area contributed by atoms with Crippen LogP contribution >= 0.6 is 0 Å². The average molecular weight is 515 g/mol. The van der Waals surface area contributed by atoms with Crippen LogP contribution in [-0.4, -0.2) is 0 Å². The van der Waals surface area contributed by atoms with Crippen LogP contribution in [0.15, 0.2) is 12.2 Å². The molecule has 0 amide bonds. The number of hydrogen-bond donors (Lipinski definition) is 0. The van der Waals surface area contributed by atoms with Crippen molar-refractivity contribution in [2.45, 2.75) is 167 Å². The standard InChI is InChI=1S/C30H50.C3H8.2C2H6/c1-20(2)21-12-16-27(5)18-19-29(7)22(25(21)27)10-11-24-28(6)15-9-14-26(3,4)23(28)13-17-30(24,29)8;1-3-2;2*1-2/h21-25H,1,9-19H2,2-8H3;3H2,1-2H3;2*1-2H3/t21-,22?,23?,24?,25?,27?,28?,29+,30?;;;/m0.../s1. The fourth-order valence-electron chi connectivity index (χ4n) is 11.6. The topological polar surface area (TPSA) is 0 Å². The van der Waals surface area contributed by atoms with Gasteiger partial charge in [-0.2, -0.15) is 0 Å². The van der Waals surface area contributed by atoms with Gasteiger partial charge in [-0.1, -0.05) is 108 Å². The van der Waals surface area contributed by atoms with Crippen molar-refractivity contribution in [1.29, 1.82) is 0 Å². The molecule has 0 bridgehead atoms. The minimum Gasteiger partial charge on any atom is -0.0998 e. The highest BCUT2D eigenvalue weighted by Crippen LogP contribution is 2.77. The summed E-state index contributed by atoms with van der Waals surface area (Å²) in [5.74, 6) is 4.51. The third-order valence-corrected chi connectivity index (χ3v) is 13.2. The lowest BCUT2D eigenvalue weighted by atomic mass is 9.32. The Labute approximate surface area is 235 Å². The van der Waals surface area contributed by atoms with Crippen molar-refractivity contribution in [2.75, 3.05) is 0 Å². The Kier molecular flexibility index (Phi) is 10.8. The van der Waals surface area contributed by atoms with Gasteiger partial charge in [-0.05, 0) is 128 Å². The van der Waals surface area contributed by atoms with E-state index in [0.717, 1.165) is 29.6 Å². The maximum Gasteiger partial charge on any atom is -0.0172 e. The van der Waals surface area contributed by atoms with Crippen molar-refractivity contribution < 1.29 is 0 Å². The van der Waals surface area contributed by atoms with Gasteiger partial charge in [0, 0.05) is 0 Å². The van der Waals surface area contributed by atoms with Crippen LogP contribution in [0.1, 0.15) is 167 Å². The Bertz CT molecular complexity index is 745. The molecule has 0 aromatic carbocycles. The summed E-state index contributed by atoms with van der Waals surface area (Å²) in [4.78, 5) is 0. The van der Waals surface area contributed by atoms with Crippen LogP contribution in [0.4, 0.5) is 0 Å². The normalized spacial score (nSPS) is 47.0. The molecule has 0 aliphatic heterocycles. The van der Waals surface area contributed by atoms with Crippen molar-refractivity contribution in [3.05, 3.63) is 12.2 Å². The van der Waals surface area contributed by atoms with Crippen molar-refractivity contribution in [3.63, 3.8) is 0 Å². The molecule has 0 saturated heterocycles. The minimum absolute atomic E-state index is 0.535. The van der Waals surface area contributed by atoms with Gasteiger partial charge in [0.15, 0.2) is 0 Å². The molecule has 5 aliphatic carbocycles. The Hall–Kier alpha value is -0.260. The van der Waals surface area contributed by atoms with Crippen molar-refractivity contribution >= 4 is 0 Å². The predicted octanol–water partition coefficient (Wildman–Crippen LogP) is 12.5. The van der Waals surface area contributed by atoms with E-state index in [0.29, 0.717) is 27.1 Å². The molecule has 0 N–H and O–H groups in total. The van der Waals surface area contributed by atoms with E-state index in [1.807, 2.05) is 27.7 Å². The van der Waals surface area contributed by atoms with E-state index in [1.54, 1.807) is 0 Å². The molecular formula is C37H70. The fraction of sp³-hybridized carbons (Fsp3) is 0.946. The molecule has 7 unspecified atom stereocenters. The van der Waals surface area contributed by atoms with Gasteiger partial charge in [0.25, 0.3) is 0 Å². The van der Waals surface area contributed by atoms with E-state index >= 15 is 0 Å². The second-order valence-corrected chi connectivity index (χ2v) is 15.4. The lowest BCUT2D eigenvalue weighted by Crippen LogP contribution is -2.65. The number of allylic oxidation sites excluding steroid dienone is 1. The average Bonchev–Trinajstić information content (AvgIpc) is 3.20. The van der Waals surface area contributed by atoms with Gasteiger partial charge in [0.2, 0.25) is 0 Å². The first-order valence-corrected chi connectivity index (χ1v) is 17.0. The number of rotatable bonds is 1. The summed E-state index contributed by atoms with van der Waals surface area (Å²) in [6.07, 6.45) is 17.5. The third-order valence-electron chi connectivity index (χ3n) is 13.2. The monoisotopic (exact) mass is 515 g/mol. The van der Waals surface area contributed by atoms with E-state index in [9.17, 15) is 0 Å². The molecule has 5 saturated carbocycles. The fourth-order valence-corrected chi connectivity index (χ4v) is 11.6. The van der Waals surface area contributed by atoms with Crippen LogP contribution in [0.2, 0.25) is 0 Å².